The molecule has 1 N–H and O–H groups in total. The molecule has 0 amide bonds. The number of anilines is 1. The minimum absolute atomic E-state index is 0.00682. The summed E-state index contributed by atoms with van der Waals surface area (Å²) in [4.78, 5) is 28.4. The van der Waals surface area contributed by atoms with Crippen molar-refractivity contribution in [1.82, 2.24) is 23.6 Å². The van der Waals surface area contributed by atoms with Crippen molar-refractivity contribution in [3.8, 4) is 5.75 Å². The molecule has 38 heavy (non-hydrogen) atoms. The van der Waals surface area contributed by atoms with Crippen molar-refractivity contribution in [2.24, 2.45) is 5.92 Å². The van der Waals surface area contributed by atoms with Gasteiger partial charge < -0.3 is 10.1 Å². The molecule has 3 aromatic heterocycles. The van der Waals surface area contributed by atoms with Crippen molar-refractivity contribution in [2.75, 3.05) is 12.4 Å². The van der Waals surface area contributed by atoms with E-state index in [1.807, 2.05) is 11.3 Å². The second-order valence-corrected chi connectivity index (χ2v) is 11.6. The summed E-state index contributed by atoms with van der Waals surface area (Å²) in [6.07, 6.45) is 5.34. The number of benzene rings is 1. The van der Waals surface area contributed by atoms with E-state index in [1.54, 1.807) is 30.3 Å². The van der Waals surface area contributed by atoms with E-state index >= 15 is 0 Å². The van der Waals surface area contributed by atoms with Crippen molar-refractivity contribution >= 4 is 32.5 Å². The summed E-state index contributed by atoms with van der Waals surface area (Å²) in [6, 6.07) is 8.35. The van der Waals surface area contributed by atoms with Gasteiger partial charge in [-0.15, -0.1) is 10.2 Å². The fourth-order valence-corrected chi connectivity index (χ4v) is 6.92. The zero-order valence-corrected chi connectivity index (χ0v) is 21.9. The highest BCUT2D eigenvalue weighted by atomic mass is 32.2. The van der Waals surface area contributed by atoms with Crippen LogP contribution in [-0.4, -0.2) is 45.1 Å². The Morgan fingerprint density at radius 3 is 2.55 bits per heavy atom. The van der Waals surface area contributed by atoms with Crippen LogP contribution in [0.25, 0.3) is 16.8 Å². The lowest BCUT2D eigenvalue weighted by Gasteiger charge is -2.17. The van der Waals surface area contributed by atoms with Crippen LogP contribution in [0.1, 0.15) is 43.5 Å². The molecule has 196 valence electrons. The quantitative estimate of drug-likeness (QED) is 0.312. The molecule has 12 heteroatoms. The number of ether oxygens (including phenoxy) is 1. The average molecular weight is 535 g/mol. The monoisotopic (exact) mass is 534 g/mol. The van der Waals surface area contributed by atoms with Crippen LogP contribution >= 0.6 is 0 Å². The Balaban J connectivity index is 1.39. The molecule has 3 atom stereocenters. The third kappa shape index (κ3) is 3.54. The maximum Gasteiger partial charge on any atom is 0.271 e. The third-order valence-corrected chi connectivity index (χ3v) is 9.29. The van der Waals surface area contributed by atoms with Gasteiger partial charge in [-0.2, -0.15) is 0 Å². The molecule has 5 aromatic rings. The van der Waals surface area contributed by atoms with E-state index in [0.717, 1.165) is 18.4 Å². The van der Waals surface area contributed by atoms with Crippen LogP contribution in [0.3, 0.4) is 0 Å². The lowest BCUT2D eigenvalue weighted by atomic mass is 9.93. The number of fused-ring (bicyclic) bond motifs is 3. The van der Waals surface area contributed by atoms with Gasteiger partial charge in [-0.1, -0.05) is 31.0 Å². The molecule has 6 rings (SSSR count). The second kappa shape index (κ2) is 8.76. The van der Waals surface area contributed by atoms with E-state index in [2.05, 4.69) is 27.4 Å². The minimum atomic E-state index is -3.86. The molecule has 0 radical (unpaired) electrons. The highest BCUT2D eigenvalue weighted by Gasteiger charge is 2.39. The summed E-state index contributed by atoms with van der Waals surface area (Å²) >= 11 is 0. The van der Waals surface area contributed by atoms with Crippen molar-refractivity contribution in [3.63, 3.8) is 0 Å². The van der Waals surface area contributed by atoms with Crippen molar-refractivity contribution in [3.05, 3.63) is 74.6 Å². The molecule has 0 spiro atoms. The zero-order chi connectivity index (χ0) is 26.8. The van der Waals surface area contributed by atoms with Gasteiger partial charge in [0.25, 0.3) is 20.9 Å². The molecule has 3 heterocycles. The molecule has 1 aliphatic rings. The fourth-order valence-electron chi connectivity index (χ4n) is 5.62. The number of nitrogens with one attached hydrogen (secondary N) is 1. The first kappa shape index (κ1) is 24.3. The summed E-state index contributed by atoms with van der Waals surface area (Å²) in [5.74, 6) is 1.01. The van der Waals surface area contributed by atoms with Crippen LogP contribution in [0.5, 0.6) is 5.75 Å². The van der Waals surface area contributed by atoms with Crippen LogP contribution in [0, 0.1) is 12.8 Å². The first-order valence-corrected chi connectivity index (χ1v) is 13.9. The SMILES string of the molecule is CC[C@@H]1C[C@H](Nc2c(OC)c(=O)c2=O)C[C@@H]1c1nnc2cnc3c(ccn3S(=O)(=O)c3ccc(C)cc3)n12. The zero-order valence-electron chi connectivity index (χ0n) is 21.1. The molecule has 0 saturated heterocycles. The number of rotatable bonds is 7. The average Bonchev–Trinajstić information content (AvgIpc) is 3.64. The van der Waals surface area contributed by atoms with Crippen LogP contribution in [0.4, 0.5) is 5.69 Å². The Labute approximate surface area is 217 Å². The highest BCUT2D eigenvalue weighted by molar-refractivity contribution is 7.90. The molecule has 2 aromatic carbocycles. The lowest BCUT2D eigenvalue weighted by molar-refractivity contribution is 0.406. The molecule has 11 nitrogen and oxygen atoms in total. The lowest BCUT2D eigenvalue weighted by Crippen LogP contribution is -2.37. The maximum absolute atomic E-state index is 13.4. The highest BCUT2D eigenvalue weighted by Crippen LogP contribution is 2.43. The van der Waals surface area contributed by atoms with Gasteiger partial charge >= 0.3 is 0 Å². The Hall–Kier alpha value is -4.06. The molecular weight excluding hydrogens is 508 g/mol. The van der Waals surface area contributed by atoms with E-state index < -0.39 is 20.9 Å². The summed E-state index contributed by atoms with van der Waals surface area (Å²) in [7, 11) is -2.49. The topological polar surface area (TPSA) is 138 Å². The van der Waals surface area contributed by atoms with Gasteiger partial charge in [0.15, 0.2) is 17.0 Å². The molecule has 1 saturated carbocycles. The Morgan fingerprint density at radius 1 is 1.08 bits per heavy atom. The molecule has 0 bridgehead atoms. The molecular formula is C26H26N6O5S. The van der Waals surface area contributed by atoms with Crippen LogP contribution in [0.2, 0.25) is 0 Å². The maximum atomic E-state index is 13.4. The standard InChI is InChI=1S/C26H26N6O5S/c1-4-15-11-16(28-21-22(33)23(34)24(21)37-3)12-18(15)25-30-29-20-13-27-26-19(32(20)25)9-10-31(26)38(35,36)17-7-5-14(2)6-8-17/h5-10,13,15-16,18,28H,4,11-12H2,1-3H3/t15-,16+,18+/m1/s1. The van der Waals surface area contributed by atoms with E-state index in [-0.39, 0.29) is 39.9 Å². The van der Waals surface area contributed by atoms with Crippen LogP contribution in [-0.2, 0) is 10.0 Å². The predicted molar refractivity (Wildman–Crippen MR) is 141 cm³/mol. The first-order valence-electron chi connectivity index (χ1n) is 12.4. The smallest absolute Gasteiger partial charge is 0.271 e. The number of aromatic nitrogens is 5. The van der Waals surface area contributed by atoms with Crippen LogP contribution in [0.15, 0.2) is 57.2 Å². The molecule has 1 aliphatic carbocycles. The van der Waals surface area contributed by atoms with Gasteiger partial charge in [0.2, 0.25) is 0 Å². The van der Waals surface area contributed by atoms with Crippen LogP contribution < -0.4 is 20.9 Å². The normalized spacial score (nSPS) is 20.0. The minimum Gasteiger partial charge on any atom is -0.491 e. The summed E-state index contributed by atoms with van der Waals surface area (Å²) in [5, 5.41) is 12.0. The number of hydrogen-bond donors (Lipinski definition) is 1. The third-order valence-electron chi connectivity index (χ3n) is 7.61. The van der Waals surface area contributed by atoms with E-state index in [1.165, 1.54) is 23.5 Å². The fraction of sp³-hybridized carbons (Fsp3) is 0.346. The first-order chi connectivity index (χ1) is 18.2. The van der Waals surface area contributed by atoms with Gasteiger partial charge in [-0.25, -0.2) is 17.4 Å². The number of methoxy groups -OCH3 is 1. The predicted octanol–water partition coefficient (Wildman–Crippen LogP) is 2.61. The largest absolute Gasteiger partial charge is 0.491 e. The summed E-state index contributed by atoms with van der Waals surface area (Å²) in [6.45, 7) is 4.00. The van der Waals surface area contributed by atoms with Gasteiger partial charge in [0.05, 0.1) is 23.7 Å². The van der Waals surface area contributed by atoms with Crippen molar-refractivity contribution in [2.45, 2.75) is 50.0 Å². The van der Waals surface area contributed by atoms with Gasteiger partial charge in [-0.05, 0) is 43.9 Å². The Kier molecular flexibility index (Phi) is 5.60. The van der Waals surface area contributed by atoms with E-state index in [4.69, 9.17) is 4.74 Å². The van der Waals surface area contributed by atoms with Gasteiger partial charge in [-0.3, -0.25) is 14.0 Å². The number of nitrogens with zero attached hydrogens (tertiary/aromatic N) is 5. The second-order valence-electron chi connectivity index (χ2n) is 9.80. The molecule has 0 unspecified atom stereocenters. The van der Waals surface area contributed by atoms with E-state index in [0.29, 0.717) is 23.4 Å². The van der Waals surface area contributed by atoms with Gasteiger partial charge in [0.1, 0.15) is 11.5 Å². The molecule has 0 aliphatic heterocycles. The van der Waals surface area contributed by atoms with E-state index in [9.17, 15) is 18.0 Å². The molecule has 1 fully saturated rings. The van der Waals surface area contributed by atoms with Crippen molar-refractivity contribution < 1.29 is 13.2 Å². The number of aryl methyl sites for hydroxylation is 1. The Morgan fingerprint density at radius 2 is 1.84 bits per heavy atom. The Bertz CT molecular complexity index is 1860. The van der Waals surface area contributed by atoms with Gasteiger partial charge in [0, 0.05) is 18.2 Å². The van der Waals surface area contributed by atoms with Crippen molar-refractivity contribution in [1.29, 1.82) is 0 Å². The summed E-state index contributed by atoms with van der Waals surface area (Å²) in [5.41, 5.74) is 1.42. The number of hydrogen-bond acceptors (Lipinski definition) is 9. The summed E-state index contributed by atoms with van der Waals surface area (Å²) < 4.78 is 35.0.